The largest absolute Gasteiger partial charge is 0.478 e. The predicted octanol–water partition coefficient (Wildman–Crippen LogP) is 3.60. The fraction of sp³-hybridized carbons (Fsp3) is 0.208. The second-order valence-corrected chi connectivity index (χ2v) is 6.84. The van der Waals surface area contributed by atoms with Gasteiger partial charge in [-0.15, -0.1) is 18.9 Å². The van der Waals surface area contributed by atoms with E-state index in [1.165, 1.54) is 4.68 Å². The number of hydrogen-bond donors (Lipinski definition) is 1. The first-order valence-corrected chi connectivity index (χ1v) is 9.67. The summed E-state index contributed by atoms with van der Waals surface area (Å²) < 4.78 is 3.09. The van der Waals surface area contributed by atoms with Gasteiger partial charge in [-0.25, -0.2) is 14.3 Å². The van der Waals surface area contributed by atoms with Crippen LogP contribution in [0.5, 0.6) is 0 Å². The van der Waals surface area contributed by atoms with Crippen LogP contribution in [-0.4, -0.2) is 25.4 Å². The fourth-order valence-corrected chi connectivity index (χ4v) is 3.27. The van der Waals surface area contributed by atoms with Gasteiger partial charge in [0.05, 0.1) is 12.1 Å². The van der Waals surface area contributed by atoms with Crippen molar-refractivity contribution >= 4 is 5.97 Å². The van der Waals surface area contributed by atoms with E-state index >= 15 is 0 Å². The van der Waals surface area contributed by atoms with Crippen molar-refractivity contribution in [2.24, 2.45) is 0 Å². The first-order chi connectivity index (χ1) is 14.5. The van der Waals surface area contributed by atoms with E-state index in [1.807, 2.05) is 30.3 Å². The molecule has 152 valence electrons. The highest BCUT2D eigenvalue weighted by atomic mass is 16.4. The molecule has 2 aromatic carbocycles. The molecule has 1 aromatic heterocycles. The number of aromatic carboxylic acids is 1. The number of aromatic nitrogens is 3. The number of aryl methyl sites for hydroxylation is 2. The van der Waals surface area contributed by atoms with Gasteiger partial charge in [0.1, 0.15) is 5.82 Å². The minimum Gasteiger partial charge on any atom is -0.478 e. The van der Waals surface area contributed by atoms with Gasteiger partial charge in [-0.05, 0) is 29.2 Å². The lowest BCUT2D eigenvalue weighted by Gasteiger charge is -2.09. The van der Waals surface area contributed by atoms with Crippen LogP contribution in [0.15, 0.2) is 66.0 Å². The van der Waals surface area contributed by atoms with Crippen LogP contribution in [0.2, 0.25) is 0 Å². The lowest BCUT2D eigenvalue weighted by atomic mass is 9.99. The first kappa shape index (κ1) is 20.9. The van der Waals surface area contributed by atoms with E-state index < -0.39 is 5.97 Å². The van der Waals surface area contributed by atoms with Gasteiger partial charge in [-0.1, -0.05) is 48.5 Å². The van der Waals surface area contributed by atoms with E-state index in [4.69, 9.17) is 6.42 Å². The van der Waals surface area contributed by atoms with Crippen molar-refractivity contribution in [3.8, 4) is 23.5 Å². The fourth-order valence-electron chi connectivity index (χ4n) is 3.27. The Balaban J connectivity index is 1.89. The minimum absolute atomic E-state index is 0.177. The average molecular weight is 401 g/mol. The molecular weight excluding hydrogens is 378 g/mol. The van der Waals surface area contributed by atoms with Crippen LogP contribution in [0.3, 0.4) is 0 Å². The normalized spacial score (nSPS) is 10.5. The van der Waals surface area contributed by atoms with Crippen molar-refractivity contribution in [3.05, 3.63) is 88.6 Å². The summed E-state index contributed by atoms with van der Waals surface area (Å²) in [4.78, 5) is 24.3. The van der Waals surface area contributed by atoms with Crippen LogP contribution in [0, 0.1) is 12.3 Å². The Bertz CT molecular complexity index is 1150. The summed E-state index contributed by atoms with van der Waals surface area (Å²) in [7, 11) is 0. The molecule has 3 aromatic rings. The number of benzene rings is 2. The zero-order valence-electron chi connectivity index (χ0n) is 16.6. The highest BCUT2D eigenvalue weighted by molar-refractivity contribution is 5.95. The second-order valence-electron chi connectivity index (χ2n) is 6.84. The third-order valence-corrected chi connectivity index (χ3v) is 4.80. The zero-order valence-corrected chi connectivity index (χ0v) is 16.6. The van der Waals surface area contributed by atoms with Crippen molar-refractivity contribution in [2.75, 3.05) is 0 Å². The van der Waals surface area contributed by atoms with Gasteiger partial charge in [-0.2, -0.15) is 5.10 Å². The van der Waals surface area contributed by atoms with Gasteiger partial charge < -0.3 is 5.11 Å². The molecule has 0 aliphatic carbocycles. The maximum absolute atomic E-state index is 12.8. The van der Waals surface area contributed by atoms with E-state index in [-0.39, 0.29) is 11.3 Å². The Labute approximate surface area is 175 Å². The number of hydrogen-bond acceptors (Lipinski definition) is 3. The molecule has 3 rings (SSSR count). The van der Waals surface area contributed by atoms with E-state index in [9.17, 15) is 14.7 Å². The molecule has 0 aliphatic heterocycles. The van der Waals surface area contributed by atoms with Crippen LogP contribution in [0.25, 0.3) is 11.1 Å². The number of carbonyl (C=O) groups is 1. The smallest absolute Gasteiger partial charge is 0.346 e. The molecule has 0 saturated heterocycles. The zero-order chi connectivity index (χ0) is 21.5. The molecule has 0 fully saturated rings. The third-order valence-electron chi connectivity index (χ3n) is 4.80. The molecule has 6 nitrogen and oxygen atoms in total. The molecule has 1 N–H and O–H groups in total. The predicted molar refractivity (Wildman–Crippen MR) is 116 cm³/mol. The van der Waals surface area contributed by atoms with Gasteiger partial charge in [0.2, 0.25) is 0 Å². The number of carboxylic acid groups (broad SMARTS) is 1. The van der Waals surface area contributed by atoms with Crippen molar-refractivity contribution in [1.82, 2.24) is 14.3 Å². The summed E-state index contributed by atoms with van der Waals surface area (Å²) in [6, 6.07) is 14.4. The van der Waals surface area contributed by atoms with Crippen molar-refractivity contribution in [2.45, 2.75) is 32.4 Å². The van der Waals surface area contributed by atoms with Crippen LogP contribution < -0.4 is 5.69 Å². The summed E-state index contributed by atoms with van der Waals surface area (Å²) in [6.07, 6.45) is 8.82. The lowest BCUT2D eigenvalue weighted by Crippen LogP contribution is -2.26. The van der Waals surface area contributed by atoms with Gasteiger partial charge in [0.25, 0.3) is 0 Å². The molecule has 0 amide bonds. The molecule has 0 bridgehead atoms. The van der Waals surface area contributed by atoms with Crippen LogP contribution in [0.1, 0.15) is 34.6 Å². The molecule has 0 atom stereocenters. The standard InChI is InChI=1S/C24H23N3O3/c1-3-5-11-22-25-27(16-6-4-2)24(30)26(22)17-18-12-14-19(15-13-18)20-9-7-8-10-21(20)23(28)29/h1,4,7-10,12-15H,2,5-6,11,16-17H2,(H,28,29). The van der Waals surface area contributed by atoms with Gasteiger partial charge in [0, 0.05) is 19.4 Å². The second kappa shape index (κ2) is 9.57. The highest BCUT2D eigenvalue weighted by Gasteiger charge is 2.14. The van der Waals surface area contributed by atoms with E-state index in [1.54, 1.807) is 28.8 Å². The first-order valence-electron chi connectivity index (χ1n) is 9.67. The Morgan fingerprint density at radius 2 is 1.93 bits per heavy atom. The summed E-state index contributed by atoms with van der Waals surface area (Å²) in [5.74, 6) is 2.28. The quantitative estimate of drug-likeness (QED) is 0.439. The third kappa shape index (κ3) is 4.58. The maximum Gasteiger partial charge on any atom is 0.346 e. The van der Waals surface area contributed by atoms with E-state index in [0.717, 1.165) is 11.1 Å². The molecule has 6 heteroatoms. The molecule has 30 heavy (non-hydrogen) atoms. The number of carboxylic acids is 1. The monoisotopic (exact) mass is 401 g/mol. The van der Waals surface area contributed by atoms with Gasteiger partial charge >= 0.3 is 11.7 Å². The Kier molecular flexibility index (Phi) is 6.66. The molecule has 0 aliphatic rings. The molecule has 0 radical (unpaired) electrons. The Hall–Kier alpha value is -3.85. The van der Waals surface area contributed by atoms with Crippen LogP contribution >= 0.6 is 0 Å². The van der Waals surface area contributed by atoms with Gasteiger partial charge in [-0.3, -0.25) is 4.57 Å². The molecular formula is C24H23N3O3. The van der Waals surface area contributed by atoms with Crippen LogP contribution in [0.4, 0.5) is 0 Å². The Morgan fingerprint density at radius 3 is 2.60 bits per heavy atom. The topological polar surface area (TPSA) is 77.1 Å². The van der Waals surface area contributed by atoms with Crippen LogP contribution in [-0.2, 0) is 19.5 Å². The Morgan fingerprint density at radius 1 is 1.20 bits per heavy atom. The van der Waals surface area contributed by atoms with Crippen molar-refractivity contribution in [1.29, 1.82) is 0 Å². The lowest BCUT2D eigenvalue weighted by molar-refractivity contribution is 0.0697. The SMILES string of the molecule is C#CCCc1nn(CCC=C)c(=O)n1Cc1ccc(-c2ccccc2C(=O)O)cc1. The van der Waals surface area contributed by atoms with E-state index in [2.05, 4.69) is 17.6 Å². The van der Waals surface area contributed by atoms with Crippen molar-refractivity contribution < 1.29 is 9.90 Å². The summed E-state index contributed by atoms with van der Waals surface area (Å²) in [5.41, 5.74) is 2.45. The average Bonchev–Trinajstić information content (AvgIpc) is 3.05. The maximum atomic E-state index is 12.8. The molecule has 0 saturated carbocycles. The summed E-state index contributed by atoms with van der Waals surface area (Å²) in [5, 5.41) is 13.8. The number of nitrogens with zero attached hydrogens (tertiary/aromatic N) is 3. The number of rotatable bonds is 9. The number of terminal acetylenes is 1. The van der Waals surface area contributed by atoms with Crippen molar-refractivity contribution in [3.63, 3.8) is 0 Å². The molecule has 1 heterocycles. The molecule has 0 spiro atoms. The summed E-state index contributed by atoms with van der Waals surface area (Å²) >= 11 is 0. The van der Waals surface area contributed by atoms with E-state index in [0.29, 0.717) is 43.7 Å². The summed E-state index contributed by atoms with van der Waals surface area (Å²) in [6.45, 7) is 4.53. The molecule has 0 unspecified atom stereocenters. The van der Waals surface area contributed by atoms with Gasteiger partial charge in [0.15, 0.2) is 0 Å². The highest BCUT2D eigenvalue weighted by Crippen LogP contribution is 2.24. The minimum atomic E-state index is -0.966. The number of allylic oxidation sites excluding steroid dienone is 1.